The average molecular weight is 436 g/mol. The van der Waals surface area contributed by atoms with Crippen molar-refractivity contribution in [2.45, 2.75) is 4.90 Å². The molecular weight excluding hydrogens is 417 g/mol. The van der Waals surface area contributed by atoms with Gasteiger partial charge in [0.15, 0.2) is 5.06 Å². The number of rotatable bonds is 5. The number of amides is 1. The van der Waals surface area contributed by atoms with Crippen molar-refractivity contribution in [2.75, 3.05) is 6.26 Å². The van der Waals surface area contributed by atoms with Crippen LogP contribution in [0.5, 0.6) is 5.06 Å². The Labute approximate surface area is 181 Å². The van der Waals surface area contributed by atoms with Gasteiger partial charge in [0.05, 0.1) is 0 Å². The summed E-state index contributed by atoms with van der Waals surface area (Å²) in [7, 11) is 0. The van der Waals surface area contributed by atoms with Gasteiger partial charge in [-0.25, -0.2) is 4.39 Å². The van der Waals surface area contributed by atoms with Gasteiger partial charge >= 0.3 is 0 Å². The zero-order valence-electron chi connectivity index (χ0n) is 16.1. The highest BCUT2D eigenvalue weighted by molar-refractivity contribution is 7.98. The largest absolute Gasteiger partial charge is 0.499 e. The van der Waals surface area contributed by atoms with Crippen LogP contribution in [0.1, 0.15) is 21.5 Å². The molecule has 0 fully saturated rings. The normalized spacial score (nSPS) is 11.6. The van der Waals surface area contributed by atoms with Crippen molar-refractivity contribution in [3.8, 4) is 5.06 Å². The van der Waals surface area contributed by atoms with Crippen molar-refractivity contribution >= 4 is 44.7 Å². The van der Waals surface area contributed by atoms with Crippen LogP contribution in [0.4, 0.5) is 4.39 Å². The number of fused-ring (bicyclic) bond motifs is 1. The first-order chi connectivity index (χ1) is 14.6. The Kier molecular flexibility index (Phi) is 5.88. The summed E-state index contributed by atoms with van der Waals surface area (Å²) in [6, 6.07) is 21.4. The summed E-state index contributed by atoms with van der Waals surface area (Å²) >= 11 is 2.74. The summed E-state index contributed by atoms with van der Waals surface area (Å²) in [4.78, 5) is 14.0. The minimum atomic E-state index is -0.415. The topological polar surface area (TPSA) is 49.3 Å². The monoisotopic (exact) mass is 435 g/mol. The molecule has 1 amide bonds. The first kappa shape index (κ1) is 20.2. The van der Waals surface area contributed by atoms with E-state index in [1.54, 1.807) is 30.1 Å². The van der Waals surface area contributed by atoms with Crippen LogP contribution in [0.25, 0.3) is 15.7 Å². The second-order valence-electron chi connectivity index (χ2n) is 6.55. The molecule has 0 aliphatic carbocycles. The number of hydrogen-bond donors (Lipinski definition) is 2. The molecule has 0 aliphatic heterocycles. The molecule has 6 heteroatoms. The van der Waals surface area contributed by atoms with E-state index >= 15 is 0 Å². The van der Waals surface area contributed by atoms with Gasteiger partial charge in [-0.2, -0.15) is 0 Å². The molecule has 1 heterocycles. The summed E-state index contributed by atoms with van der Waals surface area (Å²) < 4.78 is 14.7. The average Bonchev–Trinajstić information content (AvgIpc) is 3.09. The maximum Gasteiger partial charge on any atom is 0.260 e. The van der Waals surface area contributed by atoms with E-state index in [4.69, 9.17) is 0 Å². The second-order valence-corrected chi connectivity index (χ2v) is 8.46. The highest BCUT2D eigenvalue weighted by Gasteiger charge is 2.19. The molecule has 0 aliphatic rings. The molecule has 0 bridgehead atoms. The van der Waals surface area contributed by atoms with Crippen LogP contribution in [-0.4, -0.2) is 17.3 Å². The Morgan fingerprint density at radius 2 is 1.80 bits per heavy atom. The SMILES string of the molecule is CSc1ccc2sc(O)c(C(=O)NC=C(c3ccccc3)c3cccc(F)c3)c2c1. The molecule has 30 heavy (non-hydrogen) atoms. The number of thioether (sulfide) groups is 1. The Bertz CT molecular complexity index is 1250. The number of halogens is 1. The Morgan fingerprint density at radius 1 is 1.03 bits per heavy atom. The van der Waals surface area contributed by atoms with Crippen molar-refractivity contribution in [1.29, 1.82) is 0 Å². The Balaban J connectivity index is 1.73. The van der Waals surface area contributed by atoms with Crippen LogP contribution in [0.15, 0.2) is 83.9 Å². The maximum atomic E-state index is 13.8. The highest BCUT2D eigenvalue weighted by atomic mass is 32.2. The number of nitrogens with one attached hydrogen (secondary N) is 1. The van der Waals surface area contributed by atoms with E-state index in [0.717, 1.165) is 15.2 Å². The molecule has 0 radical (unpaired) electrons. The molecule has 4 aromatic rings. The van der Waals surface area contributed by atoms with Crippen molar-refractivity contribution < 1.29 is 14.3 Å². The van der Waals surface area contributed by atoms with Gasteiger partial charge in [0.25, 0.3) is 5.91 Å². The number of carbonyl (C=O) groups is 1. The van der Waals surface area contributed by atoms with Crippen LogP contribution < -0.4 is 5.32 Å². The smallest absolute Gasteiger partial charge is 0.260 e. The van der Waals surface area contributed by atoms with Gasteiger partial charge in [-0.05, 0) is 47.7 Å². The van der Waals surface area contributed by atoms with Crippen LogP contribution >= 0.6 is 23.1 Å². The molecule has 3 aromatic carbocycles. The Hall–Kier alpha value is -3.09. The minimum absolute atomic E-state index is 0.0267. The molecule has 1 aromatic heterocycles. The summed E-state index contributed by atoms with van der Waals surface area (Å²) in [5, 5.41) is 13.9. The third-order valence-electron chi connectivity index (χ3n) is 4.67. The van der Waals surface area contributed by atoms with Gasteiger partial charge in [0.2, 0.25) is 0 Å². The molecule has 0 unspecified atom stereocenters. The first-order valence-corrected chi connectivity index (χ1v) is 11.2. The Morgan fingerprint density at radius 3 is 2.53 bits per heavy atom. The predicted molar refractivity (Wildman–Crippen MR) is 123 cm³/mol. The van der Waals surface area contributed by atoms with E-state index in [2.05, 4.69) is 5.32 Å². The molecule has 0 atom stereocenters. The number of benzene rings is 3. The lowest BCUT2D eigenvalue weighted by molar-refractivity contribution is 0.0970. The van der Waals surface area contributed by atoms with E-state index in [9.17, 15) is 14.3 Å². The summed E-state index contributed by atoms with van der Waals surface area (Å²) in [5.74, 6) is -0.770. The van der Waals surface area contributed by atoms with Gasteiger partial charge < -0.3 is 10.4 Å². The van der Waals surface area contributed by atoms with E-state index in [-0.39, 0.29) is 16.4 Å². The number of aromatic hydroxyl groups is 1. The summed E-state index contributed by atoms with van der Waals surface area (Å²) in [6.45, 7) is 0. The first-order valence-electron chi connectivity index (χ1n) is 9.18. The van der Waals surface area contributed by atoms with Crippen LogP contribution in [0.3, 0.4) is 0 Å². The molecule has 4 rings (SSSR count). The van der Waals surface area contributed by atoms with Crippen LogP contribution in [0, 0.1) is 5.82 Å². The summed E-state index contributed by atoms with van der Waals surface area (Å²) in [6.07, 6.45) is 3.52. The fourth-order valence-corrected chi connectivity index (χ4v) is 4.59. The standard InChI is InChI=1S/C24H18FNO2S2/c1-29-18-10-11-21-19(13-18)22(24(28)30-21)23(27)26-14-20(15-6-3-2-4-7-15)16-8-5-9-17(25)12-16/h2-14,28H,1H3,(H,26,27). The zero-order valence-corrected chi connectivity index (χ0v) is 17.7. The van der Waals surface area contributed by atoms with Crippen molar-refractivity contribution in [2.24, 2.45) is 0 Å². The van der Waals surface area contributed by atoms with E-state index < -0.39 is 5.91 Å². The van der Waals surface area contributed by atoms with Gasteiger partial charge in [0, 0.05) is 26.8 Å². The molecule has 0 spiro atoms. The summed E-state index contributed by atoms with van der Waals surface area (Å²) in [5.41, 5.74) is 2.40. The van der Waals surface area contributed by atoms with E-state index in [1.807, 2.05) is 54.8 Å². The predicted octanol–water partition coefficient (Wildman–Crippen LogP) is 6.29. The van der Waals surface area contributed by atoms with Crippen LogP contribution in [0.2, 0.25) is 0 Å². The second kappa shape index (κ2) is 8.73. The molecule has 3 nitrogen and oxygen atoms in total. The van der Waals surface area contributed by atoms with Crippen LogP contribution in [-0.2, 0) is 0 Å². The van der Waals surface area contributed by atoms with Gasteiger partial charge in [-0.15, -0.1) is 11.8 Å². The molecular formula is C24H18FNO2S2. The van der Waals surface area contributed by atoms with E-state index in [1.165, 1.54) is 23.5 Å². The van der Waals surface area contributed by atoms with Crippen molar-refractivity contribution in [3.05, 3.63) is 102 Å². The van der Waals surface area contributed by atoms with E-state index in [0.29, 0.717) is 16.5 Å². The molecule has 0 saturated heterocycles. The maximum absolute atomic E-state index is 13.8. The lowest BCUT2D eigenvalue weighted by Gasteiger charge is -2.10. The zero-order chi connectivity index (χ0) is 21.1. The lowest BCUT2D eigenvalue weighted by atomic mass is 9.99. The van der Waals surface area contributed by atoms with Crippen molar-refractivity contribution in [3.63, 3.8) is 0 Å². The van der Waals surface area contributed by atoms with Crippen molar-refractivity contribution in [1.82, 2.24) is 5.32 Å². The fraction of sp³-hybridized carbons (Fsp3) is 0.0417. The third kappa shape index (κ3) is 4.10. The molecule has 2 N–H and O–H groups in total. The fourth-order valence-electron chi connectivity index (χ4n) is 3.23. The quantitative estimate of drug-likeness (QED) is 0.362. The number of hydrogen-bond acceptors (Lipinski definition) is 4. The highest BCUT2D eigenvalue weighted by Crippen LogP contribution is 2.38. The molecule has 0 saturated carbocycles. The minimum Gasteiger partial charge on any atom is -0.499 e. The van der Waals surface area contributed by atoms with Gasteiger partial charge in [-0.1, -0.05) is 53.8 Å². The third-order valence-corrected chi connectivity index (χ3v) is 6.37. The number of carbonyl (C=O) groups excluding carboxylic acids is 1. The van der Waals surface area contributed by atoms with Gasteiger partial charge in [-0.3, -0.25) is 4.79 Å². The lowest BCUT2D eigenvalue weighted by Crippen LogP contribution is -2.17. The molecule has 150 valence electrons. The van der Waals surface area contributed by atoms with Gasteiger partial charge in [0.1, 0.15) is 11.4 Å². The number of thiophene rings is 1.